The molecule has 8 nitrogen and oxygen atoms in total. The maximum absolute atomic E-state index is 8.17. The average Bonchev–Trinajstić information content (AvgIpc) is 3.92. The summed E-state index contributed by atoms with van der Waals surface area (Å²) in [5.74, 6) is 1.52. The molecular weight excluding hydrogens is 833 g/mol. The first-order valence-electron chi connectivity index (χ1n) is 22.0. The maximum Gasteiger partial charge on any atom is 0.194 e. The normalized spacial score (nSPS) is 11.2. The van der Waals surface area contributed by atoms with Crippen LogP contribution in [0.2, 0.25) is 0 Å². The van der Waals surface area contributed by atoms with Crippen LogP contribution in [0.25, 0.3) is 126 Å². The van der Waals surface area contributed by atoms with Crippen LogP contribution in [0.3, 0.4) is 0 Å². The lowest BCUT2D eigenvalue weighted by Gasteiger charge is -2.21. The van der Waals surface area contributed by atoms with Crippen LogP contribution < -0.4 is 0 Å². The molecule has 0 fully saturated rings. The van der Waals surface area contributed by atoms with E-state index in [-0.39, 0.29) is 0 Å². The third-order valence-corrected chi connectivity index (χ3v) is 12.6. The molecule has 0 spiro atoms. The molecule has 0 aliphatic heterocycles. The smallest absolute Gasteiger partial charge is 0.194 e. The fourth-order valence-electron chi connectivity index (χ4n) is 9.62. The van der Waals surface area contributed by atoms with Gasteiger partial charge in [-0.25, -0.2) is 29.5 Å². The molecule has 0 aliphatic carbocycles. The molecule has 0 radical (unpaired) electrons. The highest BCUT2D eigenvalue weighted by molar-refractivity contribution is 6.13. The molecule has 314 valence electrons. The number of benzene rings is 9. The SMILES string of the molecule is [C-]#[N+]c1ccc2c(c1)c1ccccc1n2-c1ccc(-c2ccccc2[N+]#[C-])cc1-c1cccc(-n2c3ccccc3c3cc([N+]#[C-])ccc32)c1-c1nc(-c2ccccc2)nc(-c2ccccc2)n1. The van der Waals surface area contributed by atoms with E-state index in [1.54, 1.807) is 0 Å². The molecule has 0 unspecified atom stereocenters. The van der Waals surface area contributed by atoms with Gasteiger partial charge in [0, 0.05) is 27.5 Å². The number of hydrogen-bond donors (Lipinski definition) is 0. The van der Waals surface area contributed by atoms with Crippen molar-refractivity contribution in [2.75, 3.05) is 0 Å². The Hall–Kier alpha value is -9.94. The van der Waals surface area contributed by atoms with Crippen LogP contribution in [0.1, 0.15) is 0 Å². The molecule has 0 atom stereocenters. The first-order chi connectivity index (χ1) is 33.6. The highest BCUT2D eigenvalue weighted by atomic mass is 15.1. The summed E-state index contributed by atoms with van der Waals surface area (Å²) in [6, 6.07) is 68.8. The average molecular weight is 867 g/mol. The Labute approximate surface area is 391 Å². The summed E-state index contributed by atoms with van der Waals surface area (Å²) in [7, 11) is 0. The summed E-state index contributed by atoms with van der Waals surface area (Å²) >= 11 is 0. The second-order valence-electron chi connectivity index (χ2n) is 16.4. The molecule has 0 saturated carbocycles. The predicted octanol–water partition coefficient (Wildman–Crippen LogP) is 16.1. The van der Waals surface area contributed by atoms with Crippen molar-refractivity contribution in [1.82, 2.24) is 24.1 Å². The minimum Gasteiger partial charge on any atom is -0.309 e. The highest BCUT2D eigenvalue weighted by Gasteiger charge is 2.26. The summed E-state index contributed by atoms with van der Waals surface area (Å²) in [6.07, 6.45) is 0. The van der Waals surface area contributed by atoms with E-state index in [2.05, 4.69) is 84.3 Å². The van der Waals surface area contributed by atoms with Gasteiger partial charge in [0.15, 0.2) is 34.5 Å². The lowest BCUT2D eigenvalue weighted by molar-refractivity contribution is 1.06. The number of rotatable bonds is 7. The van der Waals surface area contributed by atoms with Crippen molar-refractivity contribution in [3.05, 3.63) is 241 Å². The Morgan fingerprint density at radius 3 is 1.41 bits per heavy atom. The summed E-state index contributed by atoms with van der Waals surface area (Å²) < 4.78 is 4.54. The van der Waals surface area contributed by atoms with Crippen LogP contribution in [0.15, 0.2) is 206 Å². The molecule has 68 heavy (non-hydrogen) atoms. The van der Waals surface area contributed by atoms with Crippen LogP contribution in [0, 0.1) is 19.7 Å². The number of hydrogen-bond acceptors (Lipinski definition) is 3. The molecule has 0 aliphatic rings. The molecule has 12 aromatic rings. The number of fused-ring (bicyclic) bond motifs is 6. The molecule has 0 amide bonds. The molecule has 0 saturated heterocycles. The maximum atomic E-state index is 8.17. The Morgan fingerprint density at radius 2 is 0.824 bits per heavy atom. The van der Waals surface area contributed by atoms with E-state index < -0.39 is 0 Å². The van der Waals surface area contributed by atoms with Crippen molar-refractivity contribution in [2.24, 2.45) is 0 Å². The molecule has 0 bridgehead atoms. The van der Waals surface area contributed by atoms with E-state index >= 15 is 0 Å². The van der Waals surface area contributed by atoms with E-state index in [9.17, 15) is 0 Å². The van der Waals surface area contributed by atoms with Crippen LogP contribution in [0.5, 0.6) is 0 Å². The summed E-state index contributed by atoms with van der Waals surface area (Å²) in [4.78, 5) is 27.5. The van der Waals surface area contributed by atoms with Crippen molar-refractivity contribution >= 4 is 60.7 Å². The van der Waals surface area contributed by atoms with Crippen molar-refractivity contribution in [3.63, 3.8) is 0 Å². The van der Waals surface area contributed by atoms with Gasteiger partial charge < -0.3 is 9.13 Å². The van der Waals surface area contributed by atoms with Gasteiger partial charge >= 0.3 is 0 Å². The number of para-hydroxylation sites is 3. The molecule has 12 rings (SSSR count). The van der Waals surface area contributed by atoms with E-state index in [0.717, 1.165) is 93.9 Å². The van der Waals surface area contributed by atoms with Crippen molar-refractivity contribution in [3.8, 4) is 67.8 Å². The molecular formula is C60H34N8. The van der Waals surface area contributed by atoms with E-state index in [1.165, 1.54) is 0 Å². The quantitative estimate of drug-likeness (QED) is 0.150. The van der Waals surface area contributed by atoms with E-state index in [1.807, 2.05) is 146 Å². The minimum absolute atomic E-state index is 0.467. The molecule has 9 aromatic carbocycles. The van der Waals surface area contributed by atoms with Gasteiger partial charge in [0.05, 0.1) is 58.7 Å². The van der Waals surface area contributed by atoms with Gasteiger partial charge in [-0.2, -0.15) is 0 Å². The Balaban J connectivity index is 1.26. The second kappa shape index (κ2) is 16.2. The van der Waals surface area contributed by atoms with Gasteiger partial charge in [0.1, 0.15) is 0 Å². The third kappa shape index (κ3) is 6.47. The van der Waals surface area contributed by atoms with Gasteiger partial charge in [-0.1, -0.05) is 152 Å². The fourth-order valence-corrected chi connectivity index (χ4v) is 9.62. The van der Waals surface area contributed by atoms with Crippen molar-refractivity contribution < 1.29 is 0 Å². The Morgan fingerprint density at radius 1 is 0.324 bits per heavy atom. The first-order valence-corrected chi connectivity index (χ1v) is 22.0. The Bertz CT molecular complexity index is 4070. The number of aromatic nitrogens is 5. The monoisotopic (exact) mass is 866 g/mol. The standard InChI is InChI=1S/C60H34N8/c1-61-41-30-33-54-48(36-41)44-22-11-14-26-51(44)67(54)53-32-29-40(43-21-10-13-25-50(43)63-3)35-47(53)46-24-16-28-56(68-52-27-15-12-23-45(52)49-37-42(62-2)31-34-55(49)68)57(46)60-65-58(38-17-6-4-7-18-38)64-59(66-60)39-19-8-5-9-20-39/h4-37H. The van der Waals surface area contributed by atoms with Gasteiger partial charge in [-0.15, -0.1) is 0 Å². The lowest BCUT2D eigenvalue weighted by atomic mass is 9.92. The van der Waals surface area contributed by atoms with Gasteiger partial charge in [-0.3, -0.25) is 0 Å². The zero-order valence-corrected chi connectivity index (χ0v) is 36.2. The molecule has 3 heterocycles. The number of nitrogens with zero attached hydrogens (tertiary/aromatic N) is 8. The summed E-state index contributed by atoms with van der Waals surface area (Å²) in [5, 5.41) is 3.96. The van der Waals surface area contributed by atoms with E-state index in [4.69, 9.17) is 34.7 Å². The van der Waals surface area contributed by atoms with Gasteiger partial charge in [0.2, 0.25) is 0 Å². The minimum atomic E-state index is 0.467. The molecule has 0 N–H and O–H groups in total. The largest absolute Gasteiger partial charge is 0.309 e. The highest BCUT2D eigenvalue weighted by Crippen LogP contribution is 2.46. The van der Waals surface area contributed by atoms with Crippen LogP contribution in [-0.2, 0) is 0 Å². The van der Waals surface area contributed by atoms with Gasteiger partial charge in [-0.05, 0) is 82.1 Å². The zero-order valence-electron chi connectivity index (χ0n) is 36.2. The third-order valence-electron chi connectivity index (χ3n) is 12.6. The van der Waals surface area contributed by atoms with Gasteiger partial charge in [0.25, 0.3) is 0 Å². The summed E-state index contributed by atoms with van der Waals surface area (Å²) in [6.45, 7) is 24.0. The van der Waals surface area contributed by atoms with Crippen LogP contribution in [-0.4, -0.2) is 24.1 Å². The molecule has 3 aromatic heterocycles. The lowest BCUT2D eigenvalue weighted by Crippen LogP contribution is -2.06. The van der Waals surface area contributed by atoms with Crippen LogP contribution >= 0.6 is 0 Å². The van der Waals surface area contributed by atoms with E-state index in [0.29, 0.717) is 34.5 Å². The molecule has 8 heteroatoms. The fraction of sp³-hybridized carbons (Fsp3) is 0. The van der Waals surface area contributed by atoms with Crippen LogP contribution in [0.4, 0.5) is 17.1 Å². The summed E-state index contributed by atoms with van der Waals surface area (Å²) in [5.41, 5.74) is 13.0. The topological polar surface area (TPSA) is 61.6 Å². The second-order valence-corrected chi connectivity index (χ2v) is 16.4. The Kier molecular flexibility index (Phi) is 9.47. The predicted molar refractivity (Wildman–Crippen MR) is 274 cm³/mol. The zero-order chi connectivity index (χ0) is 45.7. The first kappa shape index (κ1) is 39.6. The van der Waals surface area contributed by atoms with Crippen molar-refractivity contribution in [2.45, 2.75) is 0 Å². The van der Waals surface area contributed by atoms with Crippen molar-refractivity contribution in [1.29, 1.82) is 0 Å².